The van der Waals surface area contributed by atoms with Gasteiger partial charge >= 0.3 is 0 Å². The Labute approximate surface area is 98.0 Å². The van der Waals surface area contributed by atoms with Crippen molar-refractivity contribution in [1.82, 2.24) is 9.78 Å². The van der Waals surface area contributed by atoms with E-state index in [0.29, 0.717) is 5.92 Å². The minimum Gasteiger partial charge on any atom is -0.322 e. The molecular formula is C13H23N3. The third-order valence-corrected chi connectivity index (χ3v) is 3.83. The standard InChI is InChI=1S/C13H23N3/c1-3-11-9-12(16(2)15-11)13(14)10-7-5-4-6-8-10/h9-10,13H,3-8,14H2,1-2H3. The molecule has 3 heteroatoms. The molecule has 1 aromatic heterocycles. The summed E-state index contributed by atoms with van der Waals surface area (Å²) in [7, 11) is 2.01. The Morgan fingerprint density at radius 1 is 1.44 bits per heavy atom. The summed E-state index contributed by atoms with van der Waals surface area (Å²) in [6, 6.07) is 2.36. The highest BCUT2D eigenvalue weighted by atomic mass is 15.3. The van der Waals surface area contributed by atoms with Crippen molar-refractivity contribution in [3.8, 4) is 0 Å². The Kier molecular flexibility index (Phi) is 3.64. The summed E-state index contributed by atoms with van der Waals surface area (Å²) < 4.78 is 1.97. The third kappa shape index (κ3) is 2.29. The highest BCUT2D eigenvalue weighted by Crippen LogP contribution is 2.32. The van der Waals surface area contributed by atoms with Gasteiger partial charge in [0.15, 0.2) is 0 Å². The molecule has 0 saturated heterocycles. The van der Waals surface area contributed by atoms with Crippen molar-refractivity contribution >= 4 is 0 Å². The van der Waals surface area contributed by atoms with Gasteiger partial charge in [-0.3, -0.25) is 4.68 Å². The van der Waals surface area contributed by atoms with Crippen LogP contribution in [0.5, 0.6) is 0 Å². The number of hydrogen-bond donors (Lipinski definition) is 1. The Morgan fingerprint density at radius 2 is 2.12 bits per heavy atom. The number of aromatic nitrogens is 2. The van der Waals surface area contributed by atoms with E-state index in [-0.39, 0.29) is 6.04 Å². The molecule has 2 rings (SSSR count). The van der Waals surface area contributed by atoms with E-state index in [1.54, 1.807) is 0 Å². The Balaban J connectivity index is 2.12. The topological polar surface area (TPSA) is 43.8 Å². The molecule has 3 nitrogen and oxygen atoms in total. The fraction of sp³-hybridized carbons (Fsp3) is 0.769. The first-order chi connectivity index (χ1) is 7.72. The van der Waals surface area contributed by atoms with Gasteiger partial charge in [-0.05, 0) is 31.2 Å². The lowest BCUT2D eigenvalue weighted by Gasteiger charge is -2.27. The van der Waals surface area contributed by atoms with E-state index in [1.165, 1.54) is 37.8 Å². The smallest absolute Gasteiger partial charge is 0.0625 e. The molecule has 0 amide bonds. The van der Waals surface area contributed by atoms with Crippen molar-refractivity contribution in [2.75, 3.05) is 0 Å². The van der Waals surface area contributed by atoms with Crippen LogP contribution in [0.4, 0.5) is 0 Å². The molecule has 0 bridgehead atoms. The van der Waals surface area contributed by atoms with Crippen molar-refractivity contribution in [3.63, 3.8) is 0 Å². The highest BCUT2D eigenvalue weighted by molar-refractivity contribution is 5.14. The summed E-state index contributed by atoms with van der Waals surface area (Å²) in [5.41, 5.74) is 8.75. The summed E-state index contributed by atoms with van der Waals surface area (Å²) in [5.74, 6) is 0.661. The van der Waals surface area contributed by atoms with Gasteiger partial charge in [0.05, 0.1) is 11.4 Å². The summed E-state index contributed by atoms with van der Waals surface area (Å²) in [5, 5.41) is 4.48. The van der Waals surface area contributed by atoms with Crippen LogP contribution in [-0.4, -0.2) is 9.78 Å². The second-order valence-electron chi connectivity index (χ2n) is 4.96. The van der Waals surface area contributed by atoms with Crippen LogP contribution in [0.25, 0.3) is 0 Å². The minimum atomic E-state index is 0.179. The summed E-state index contributed by atoms with van der Waals surface area (Å²) in [6.07, 6.45) is 7.63. The van der Waals surface area contributed by atoms with Gasteiger partial charge in [0, 0.05) is 13.1 Å². The molecule has 0 radical (unpaired) electrons. The van der Waals surface area contributed by atoms with Crippen LogP contribution >= 0.6 is 0 Å². The molecule has 90 valence electrons. The molecule has 1 aromatic rings. The predicted molar refractivity (Wildman–Crippen MR) is 66.1 cm³/mol. The molecule has 1 unspecified atom stereocenters. The van der Waals surface area contributed by atoms with Gasteiger partial charge in [-0.2, -0.15) is 5.10 Å². The van der Waals surface area contributed by atoms with Gasteiger partial charge in [-0.25, -0.2) is 0 Å². The van der Waals surface area contributed by atoms with Crippen molar-refractivity contribution in [1.29, 1.82) is 0 Å². The number of rotatable bonds is 3. The van der Waals surface area contributed by atoms with E-state index in [2.05, 4.69) is 18.1 Å². The quantitative estimate of drug-likeness (QED) is 0.852. The first-order valence-corrected chi connectivity index (χ1v) is 6.50. The zero-order valence-corrected chi connectivity index (χ0v) is 10.4. The van der Waals surface area contributed by atoms with Crippen LogP contribution in [0, 0.1) is 5.92 Å². The number of hydrogen-bond acceptors (Lipinski definition) is 2. The van der Waals surface area contributed by atoms with E-state index in [4.69, 9.17) is 5.73 Å². The fourth-order valence-electron chi connectivity index (χ4n) is 2.76. The van der Waals surface area contributed by atoms with E-state index in [1.807, 2.05) is 11.7 Å². The summed E-state index contributed by atoms with van der Waals surface area (Å²) in [4.78, 5) is 0. The SMILES string of the molecule is CCc1cc(C(N)C2CCCCC2)n(C)n1. The van der Waals surface area contributed by atoms with Crippen molar-refractivity contribution in [2.45, 2.75) is 51.5 Å². The Bertz CT molecular complexity index is 337. The molecule has 2 N–H and O–H groups in total. The van der Waals surface area contributed by atoms with Crippen LogP contribution in [0.15, 0.2) is 6.07 Å². The summed E-state index contributed by atoms with van der Waals surface area (Å²) in [6.45, 7) is 2.14. The molecule has 1 fully saturated rings. The van der Waals surface area contributed by atoms with Gasteiger partial charge in [0.1, 0.15) is 0 Å². The molecule has 16 heavy (non-hydrogen) atoms. The molecule has 0 aliphatic heterocycles. The molecule has 1 heterocycles. The molecular weight excluding hydrogens is 198 g/mol. The van der Waals surface area contributed by atoms with Crippen LogP contribution in [0.2, 0.25) is 0 Å². The average Bonchev–Trinajstić information content (AvgIpc) is 2.71. The van der Waals surface area contributed by atoms with Gasteiger partial charge in [-0.1, -0.05) is 26.2 Å². The van der Waals surface area contributed by atoms with Crippen LogP contribution < -0.4 is 5.73 Å². The van der Waals surface area contributed by atoms with Crippen molar-refractivity contribution < 1.29 is 0 Å². The Morgan fingerprint density at radius 3 is 2.69 bits per heavy atom. The first kappa shape index (κ1) is 11.6. The molecule has 1 atom stereocenters. The second kappa shape index (κ2) is 5.00. The molecule has 0 spiro atoms. The lowest BCUT2D eigenvalue weighted by Crippen LogP contribution is -2.25. The normalized spacial score (nSPS) is 19.9. The monoisotopic (exact) mass is 221 g/mol. The molecule has 1 aliphatic rings. The van der Waals surface area contributed by atoms with Gasteiger partial charge < -0.3 is 5.73 Å². The van der Waals surface area contributed by atoms with Crippen molar-refractivity contribution in [3.05, 3.63) is 17.5 Å². The highest BCUT2D eigenvalue weighted by Gasteiger charge is 2.24. The summed E-state index contributed by atoms with van der Waals surface area (Å²) >= 11 is 0. The molecule has 1 saturated carbocycles. The van der Waals surface area contributed by atoms with E-state index in [0.717, 1.165) is 12.1 Å². The lowest BCUT2D eigenvalue weighted by molar-refractivity contribution is 0.300. The second-order valence-corrected chi connectivity index (χ2v) is 4.96. The zero-order chi connectivity index (χ0) is 11.5. The van der Waals surface area contributed by atoms with Crippen molar-refractivity contribution in [2.24, 2.45) is 18.7 Å². The van der Waals surface area contributed by atoms with Gasteiger partial charge in [0.25, 0.3) is 0 Å². The maximum Gasteiger partial charge on any atom is 0.0625 e. The number of nitrogens with zero attached hydrogens (tertiary/aromatic N) is 2. The average molecular weight is 221 g/mol. The van der Waals surface area contributed by atoms with Gasteiger partial charge in [0.2, 0.25) is 0 Å². The first-order valence-electron chi connectivity index (χ1n) is 6.50. The lowest BCUT2D eigenvalue weighted by atomic mass is 9.83. The van der Waals surface area contributed by atoms with Crippen LogP contribution in [0.3, 0.4) is 0 Å². The molecule has 0 aromatic carbocycles. The van der Waals surface area contributed by atoms with Crippen LogP contribution in [0.1, 0.15) is 56.5 Å². The maximum absolute atomic E-state index is 6.38. The van der Waals surface area contributed by atoms with E-state index >= 15 is 0 Å². The largest absolute Gasteiger partial charge is 0.322 e. The van der Waals surface area contributed by atoms with E-state index in [9.17, 15) is 0 Å². The van der Waals surface area contributed by atoms with Crippen LogP contribution in [-0.2, 0) is 13.5 Å². The number of nitrogens with two attached hydrogens (primary N) is 1. The zero-order valence-electron chi connectivity index (χ0n) is 10.4. The molecule has 1 aliphatic carbocycles. The van der Waals surface area contributed by atoms with E-state index < -0.39 is 0 Å². The predicted octanol–water partition coefficient (Wildman–Crippen LogP) is 2.56. The Hall–Kier alpha value is -0.830. The maximum atomic E-state index is 6.38. The number of aryl methyl sites for hydroxylation is 2. The minimum absolute atomic E-state index is 0.179. The fourth-order valence-corrected chi connectivity index (χ4v) is 2.76. The third-order valence-electron chi connectivity index (χ3n) is 3.83. The van der Waals surface area contributed by atoms with Gasteiger partial charge in [-0.15, -0.1) is 0 Å².